The van der Waals surface area contributed by atoms with E-state index in [4.69, 9.17) is 4.74 Å². The van der Waals surface area contributed by atoms with Crippen molar-refractivity contribution in [2.75, 3.05) is 26.8 Å². The standard InChI is InChI=1S/C17H19F4NO4/c1-26-10-16(15(24)25)7-2-8-22(9-16)14(23)13(18)11-3-5-12(6-4-11)17(19,20)21/h3-6,13H,2,7-10H2,1H3,(H,24,25). The van der Waals surface area contributed by atoms with Crippen LogP contribution in [0.1, 0.15) is 30.1 Å². The maximum atomic E-state index is 14.5. The zero-order valence-electron chi connectivity index (χ0n) is 14.1. The summed E-state index contributed by atoms with van der Waals surface area (Å²) in [5, 5.41) is 9.46. The molecule has 1 aliphatic heterocycles. The average Bonchev–Trinajstić information content (AvgIpc) is 2.60. The Balaban J connectivity index is 2.15. The number of ether oxygens (including phenoxy) is 1. The third kappa shape index (κ3) is 4.14. The molecule has 5 nitrogen and oxygen atoms in total. The van der Waals surface area contributed by atoms with Crippen LogP contribution in [0, 0.1) is 5.41 Å². The van der Waals surface area contributed by atoms with Crippen LogP contribution in [0.4, 0.5) is 17.6 Å². The number of methoxy groups -OCH3 is 1. The van der Waals surface area contributed by atoms with Gasteiger partial charge in [0.1, 0.15) is 5.41 Å². The molecule has 26 heavy (non-hydrogen) atoms. The molecule has 1 heterocycles. The van der Waals surface area contributed by atoms with Crippen LogP contribution < -0.4 is 0 Å². The third-order valence-corrected chi connectivity index (χ3v) is 4.51. The second-order valence-corrected chi connectivity index (χ2v) is 6.36. The fourth-order valence-corrected chi connectivity index (χ4v) is 3.09. The van der Waals surface area contributed by atoms with E-state index in [0.717, 1.165) is 17.0 Å². The average molecular weight is 377 g/mol. The summed E-state index contributed by atoms with van der Waals surface area (Å²) in [5.74, 6) is -2.10. The van der Waals surface area contributed by atoms with Crippen molar-refractivity contribution in [3.05, 3.63) is 35.4 Å². The summed E-state index contributed by atoms with van der Waals surface area (Å²) in [5.41, 5.74) is -2.46. The van der Waals surface area contributed by atoms with E-state index in [1.807, 2.05) is 0 Å². The summed E-state index contributed by atoms with van der Waals surface area (Å²) in [4.78, 5) is 25.1. The van der Waals surface area contributed by atoms with Gasteiger partial charge in [0.2, 0.25) is 6.17 Å². The third-order valence-electron chi connectivity index (χ3n) is 4.51. The van der Waals surface area contributed by atoms with Gasteiger partial charge in [-0.05, 0) is 30.5 Å². The van der Waals surface area contributed by atoms with Crippen molar-refractivity contribution < 1.29 is 37.0 Å². The first-order valence-corrected chi connectivity index (χ1v) is 7.93. The van der Waals surface area contributed by atoms with Crippen LogP contribution in [0.15, 0.2) is 24.3 Å². The molecular formula is C17H19F4NO4. The highest BCUT2D eigenvalue weighted by Gasteiger charge is 2.45. The first-order valence-electron chi connectivity index (χ1n) is 7.93. The van der Waals surface area contributed by atoms with Gasteiger partial charge in [-0.25, -0.2) is 4.39 Å². The Bertz CT molecular complexity index is 658. The Labute approximate surface area is 147 Å². The lowest BCUT2D eigenvalue weighted by atomic mass is 9.80. The normalized spacial score (nSPS) is 22.1. The molecule has 0 aliphatic carbocycles. The molecule has 1 N–H and O–H groups in total. The van der Waals surface area contributed by atoms with Gasteiger partial charge in [-0.2, -0.15) is 13.2 Å². The van der Waals surface area contributed by atoms with E-state index >= 15 is 0 Å². The number of benzene rings is 1. The summed E-state index contributed by atoms with van der Waals surface area (Å²) in [6.45, 7) is -0.155. The summed E-state index contributed by atoms with van der Waals surface area (Å²) >= 11 is 0. The van der Waals surface area contributed by atoms with Gasteiger partial charge in [-0.15, -0.1) is 0 Å². The molecule has 1 amide bonds. The van der Waals surface area contributed by atoms with Crippen molar-refractivity contribution in [3.8, 4) is 0 Å². The van der Waals surface area contributed by atoms with Gasteiger partial charge in [0.15, 0.2) is 0 Å². The molecule has 0 bridgehead atoms. The van der Waals surface area contributed by atoms with E-state index in [-0.39, 0.29) is 31.7 Å². The summed E-state index contributed by atoms with van der Waals surface area (Å²) in [6.07, 6.45) is -6.06. The monoisotopic (exact) mass is 377 g/mol. The van der Waals surface area contributed by atoms with Crippen molar-refractivity contribution >= 4 is 11.9 Å². The van der Waals surface area contributed by atoms with E-state index in [1.165, 1.54) is 7.11 Å². The van der Waals surface area contributed by atoms with Gasteiger partial charge in [0.25, 0.3) is 5.91 Å². The van der Waals surface area contributed by atoms with Gasteiger partial charge in [-0.1, -0.05) is 12.1 Å². The second kappa shape index (κ2) is 7.61. The van der Waals surface area contributed by atoms with Crippen LogP contribution in [-0.2, 0) is 20.5 Å². The minimum atomic E-state index is -4.55. The van der Waals surface area contributed by atoms with Crippen LogP contribution in [0.25, 0.3) is 0 Å². The zero-order chi connectivity index (χ0) is 19.5. The number of alkyl halides is 4. The number of amides is 1. The molecule has 144 valence electrons. The first-order chi connectivity index (χ1) is 12.1. The van der Waals surface area contributed by atoms with Crippen LogP contribution in [0.5, 0.6) is 0 Å². The van der Waals surface area contributed by atoms with Crippen molar-refractivity contribution in [2.45, 2.75) is 25.2 Å². The number of carboxylic acid groups (broad SMARTS) is 1. The maximum absolute atomic E-state index is 14.5. The van der Waals surface area contributed by atoms with Gasteiger partial charge in [0, 0.05) is 20.2 Å². The van der Waals surface area contributed by atoms with Crippen LogP contribution >= 0.6 is 0 Å². The molecule has 1 saturated heterocycles. The Morgan fingerprint density at radius 2 is 1.92 bits per heavy atom. The van der Waals surface area contributed by atoms with E-state index in [0.29, 0.717) is 18.6 Å². The number of hydrogen-bond acceptors (Lipinski definition) is 3. The SMILES string of the molecule is COCC1(C(=O)O)CCCN(C(=O)C(F)c2ccc(C(F)(F)F)cc2)C1. The highest BCUT2D eigenvalue weighted by atomic mass is 19.4. The predicted octanol–water partition coefficient (Wildman–Crippen LogP) is 3.06. The number of hydrogen-bond donors (Lipinski definition) is 1. The molecule has 2 rings (SSSR count). The van der Waals surface area contributed by atoms with E-state index in [2.05, 4.69) is 0 Å². The molecule has 1 aliphatic rings. The summed E-state index contributed by atoms with van der Waals surface area (Å²) in [6, 6.07) is 3.24. The molecule has 0 aromatic heterocycles. The summed E-state index contributed by atoms with van der Waals surface area (Å²) in [7, 11) is 1.34. The molecule has 1 aromatic rings. The predicted molar refractivity (Wildman–Crippen MR) is 83.1 cm³/mol. The van der Waals surface area contributed by atoms with E-state index in [1.54, 1.807) is 0 Å². The van der Waals surface area contributed by atoms with Gasteiger partial charge >= 0.3 is 12.1 Å². The number of rotatable bonds is 5. The number of likely N-dealkylation sites (tertiary alicyclic amines) is 1. The van der Waals surface area contributed by atoms with Crippen molar-refractivity contribution in [2.24, 2.45) is 5.41 Å². The number of aliphatic carboxylic acids is 1. The number of carboxylic acids is 1. The number of piperidine rings is 1. The van der Waals surface area contributed by atoms with Crippen molar-refractivity contribution in [1.82, 2.24) is 4.90 Å². The minimum Gasteiger partial charge on any atom is -0.481 e. The van der Waals surface area contributed by atoms with Crippen molar-refractivity contribution in [1.29, 1.82) is 0 Å². The largest absolute Gasteiger partial charge is 0.481 e. The number of carbonyl (C=O) groups is 2. The number of nitrogens with zero attached hydrogens (tertiary/aromatic N) is 1. The lowest BCUT2D eigenvalue weighted by Crippen LogP contribution is -2.52. The molecule has 9 heteroatoms. The first kappa shape index (κ1) is 20.2. The Morgan fingerprint density at radius 3 is 2.42 bits per heavy atom. The molecular weight excluding hydrogens is 358 g/mol. The molecule has 0 spiro atoms. The quantitative estimate of drug-likeness (QED) is 0.801. The van der Waals surface area contributed by atoms with Gasteiger partial charge < -0.3 is 14.7 Å². The lowest BCUT2D eigenvalue weighted by Gasteiger charge is -2.39. The lowest BCUT2D eigenvalue weighted by molar-refractivity contribution is -0.160. The fourth-order valence-electron chi connectivity index (χ4n) is 3.09. The van der Waals surface area contributed by atoms with Crippen LogP contribution in [0.3, 0.4) is 0 Å². The van der Waals surface area contributed by atoms with Gasteiger partial charge in [-0.3, -0.25) is 9.59 Å². The zero-order valence-corrected chi connectivity index (χ0v) is 14.1. The maximum Gasteiger partial charge on any atom is 0.416 e. The number of halogens is 4. The second-order valence-electron chi connectivity index (χ2n) is 6.36. The Kier molecular flexibility index (Phi) is 5.90. The van der Waals surface area contributed by atoms with Crippen LogP contribution in [0.2, 0.25) is 0 Å². The van der Waals surface area contributed by atoms with E-state index < -0.39 is 35.2 Å². The Hall–Kier alpha value is -2.16. The molecule has 2 atom stereocenters. The fraction of sp³-hybridized carbons (Fsp3) is 0.529. The van der Waals surface area contributed by atoms with Crippen LogP contribution in [-0.4, -0.2) is 48.7 Å². The molecule has 2 unspecified atom stereocenters. The topological polar surface area (TPSA) is 66.8 Å². The highest BCUT2D eigenvalue weighted by molar-refractivity contribution is 5.84. The molecule has 1 aromatic carbocycles. The minimum absolute atomic E-state index is 0.122. The van der Waals surface area contributed by atoms with Gasteiger partial charge in [0.05, 0.1) is 12.2 Å². The highest BCUT2D eigenvalue weighted by Crippen LogP contribution is 2.34. The molecule has 1 fully saturated rings. The Morgan fingerprint density at radius 1 is 1.31 bits per heavy atom. The van der Waals surface area contributed by atoms with Crippen molar-refractivity contribution in [3.63, 3.8) is 0 Å². The summed E-state index contributed by atoms with van der Waals surface area (Å²) < 4.78 is 57.2. The molecule has 0 saturated carbocycles. The smallest absolute Gasteiger partial charge is 0.416 e. The van der Waals surface area contributed by atoms with E-state index in [9.17, 15) is 32.3 Å². The number of carbonyl (C=O) groups excluding carboxylic acids is 1. The molecule has 0 radical (unpaired) electrons.